The molecule has 0 unspecified atom stereocenters. The van der Waals surface area contributed by atoms with E-state index in [1.165, 1.54) is 29.0 Å². The average molecular weight is 384 g/mol. The summed E-state index contributed by atoms with van der Waals surface area (Å²) in [5, 5.41) is 0. The number of carbonyl (C=O) groups excluding carboxylic acids is 1. The topological polar surface area (TPSA) is 78.5 Å². The molecule has 0 fully saturated rings. The minimum absolute atomic E-state index is 0.0995. The van der Waals surface area contributed by atoms with Crippen LogP contribution in [-0.2, 0) is 12.7 Å². The highest BCUT2D eigenvalue weighted by Gasteiger charge is 2.34. The Labute approximate surface area is 153 Å². The lowest BCUT2D eigenvalue weighted by atomic mass is 10.1. The number of amides is 1. The van der Waals surface area contributed by atoms with E-state index in [1.807, 2.05) is 0 Å². The van der Waals surface area contributed by atoms with Gasteiger partial charge in [0.15, 0.2) is 0 Å². The van der Waals surface area contributed by atoms with E-state index >= 15 is 0 Å². The molecule has 0 saturated heterocycles. The molecule has 27 heavy (non-hydrogen) atoms. The van der Waals surface area contributed by atoms with Crippen LogP contribution in [-0.4, -0.2) is 49.0 Å². The number of hydrogen-bond acceptors (Lipinski definition) is 5. The number of hydrogen-bond donors (Lipinski definition) is 1. The first-order chi connectivity index (χ1) is 12.5. The van der Waals surface area contributed by atoms with Crippen molar-refractivity contribution in [2.75, 3.05) is 33.2 Å². The third kappa shape index (κ3) is 4.78. The zero-order valence-electron chi connectivity index (χ0n) is 15.2. The number of aromatic amines is 1. The van der Waals surface area contributed by atoms with Gasteiger partial charge in [-0.05, 0) is 17.7 Å². The fourth-order valence-electron chi connectivity index (χ4n) is 2.38. The van der Waals surface area contributed by atoms with Crippen LogP contribution in [0.4, 0.5) is 19.1 Å². The molecule has 1 aromatic carbocycles. The number of methoxy groups -OCH3 is 1. The zero-order chi connectivity index (χ0) is 20.4. The van der Waals surface area contributed by atoms with Gasteiger partial charge in [-0.15, -0.1) is 0 Å². The Balaban J connectivity index is 2.28. The third-order valence-electron chi connectivity index (χ3n) is 3.71. The van der Waals surface area contributed by atoms with Crippen LogP contribution >= 0.6 is 0 Å². The summed E-state index contributed by atoms with van der Waals surface area (Å²) in [5.41, 5.74) is -1.27. The summed E-state index contributed by atoms with van der Waals surface area (Å²) in [6, 6.07) is 4.61. The van der Waals surface area contributed by atoms with Gasteiger partial charge in [-0.2, -0.15) is 13.2 Å². The maximum absolute atomic E-state index is 13.1. The first-order valence-corrected chi connectivity index (χ1v) is 7.81. The normalized spacial score (nSPS) is 11.2. The van der Waals surface area contributed by atoms with E-state index in [2.05, 4.69) is 9.97 Å². The van der Waals surface area contributed by atoms with Gasteiger partial charge in [0, 0.05) is 33.8 Å². The summed E-state index contributed by atoms with van der Waals surface area (Å²) in [6.45, 7) is -0.0995. The van der Waals surface area contributed by atoms with Crippen LogP contribution in [0.2, 0.25) is 0 Å². The highest BCUT2D eigenvalue weighted by atomic mass is 19.4. The predicted octanol–water partition coefficient (Wildman–Crippen LogP) is 2.14. The number of halogens is 3. The molecule has 0 aliphatic heterocycles. The first kappa shape index (κ1) is 20.3. The summed E-state index contributed by atoms with van der Waals surface area (Å²) in [6.07, 6.45) is -4.58. The highest BCUT2D eigenvalue weighted by Crippen LogP contribution is 2.36. The van der Waals surface area contributed by atoms with Crippen LogP contribution in [0.5, 0.6) is 5.75 Å². The molecule has 2 rings (SSSR count). The van der Waals surface area contributed by atoms with Gasteiger partial charge in [0.2, 0.25) is 5.95 Å². The van der Waals surface area contributed by atoms with Gasteiger partial charge in [0.1, 0.15) is 11.4 Å². The molecule has 10 heteroatoms. The van der Waals surface area contributed by atoms with E-state index in [1.54, 1.807) is 14.1 Å². The molecule has 2 aromatic rings. The second-order valence-electron chi connectivity index (χ2n) is 6.04. The van der Waals surface area contributed by atoms with Crippen LogP contribution in [0.15, 0.2) is 29.1 Å². The number of anilines is 1. The van der Waals surface area contributed by atoms with Crippen molar-refractivity contribution < 1.29 is 22.7 Å². The Kier molecular flexibility index (Phi) is 5.77. The molecule has 1 heterocycles. The first-order valence-electron chi connectivity index (χ1n) is 7.81. The van der Waals surface area contributed by atoms with Gasteiger partial charge in [-0.1, -0.05) is 6.07 Å². The van der Waals surface area contributed by atoms with Crippen molar-refractivity contribution in [3.63, 3.8) is 0 Å². The summed E-state index contributed by atoms with van der Waals surface area (Å²) < 4.78 is 44.1. The highest BCUT2D eigenvalue weighted by molar-refractivity contribution is 5.92. The fourth-order valence-corrected chi connectivity index (χ4v) is 2.38. The van der Waals surface area contributed by atoms with Crippen molar-refractivity contribution in [1.82, 2.24) is 14.9 Å². The maximum atomic E-state index is 13.1. The molecular weight excluding hydrogens is 365 g/mol. The Morgan fingerprint density at radius 2 is 1.89 bits per heavy atom. The summed E-state index contributed by atoms with van der Waals surface area (Å²) in [5.74, 6) is -0.691. The van der Waals surface area contributed by atoms with Gasteiger partial charge in [0.05, 0.1) is 12.7 Å². The minimum Gasteiger partial charge on any atom is -0.496 e. The number of H-pyrrole nitrogens is 1. The minimum atomic E-state index is -4.58. The molecular formula is C17H19F3N4O3. The number of aromatic nitrogens is 2. The van der Waals surface area contributed by atoms with Gasteiger partial charge >= 0.3 is 6.18 Å². The van der Waals surface area contributed by atoms with E-state index in [0.29, 0.717) is 0 Å². The monoisotopic (exact) mass is 384 g/mol. The standard InChI is InChI=1S/C17H19F3N4O3/c1-23(2)16-21-12(8-14(25)22-16)15(26)24(3)9-10-5-6-13(27-4)11(7-10)17(18,19)20/h5-8H,9H2,1-4H3,(H,21,22,25). The molecule has 0 atom stereocenters. The molecule has 7 nitrogen and oxygen atoms in total. The van der Waals surface area contributed by atoms with Crippen molar-refractivity contribution in [1.29, 1.82) is 0 Å². The van der Waals surface area contributed by atoms with Gasteiger partial charge in [-0.25, -0.2) is 4.98 Å². The van der Waals surface area contributed by atoms with Crippen LogP contribution in [0.25, 0.3) is 0 Å². The predicted molar refractivity (Wildman–Crippen MR) is 93.0 cm³/mol. The number of nitrogens with zero attached hydrogens (tertiary/aromatic N) is 3. The molecule has 0 aliphatic rings. The number of alkyl halides is 3. The number of carbonyl (C=O) groups is 1. The molecule has 1 amide bonds. The van der Waals surface area contributed by atoms with Crippen LogP contribution in [0.1, 0.15) is 21.6 Å². The van der Waals surface area contributed by atoms with Crippen LogP contribution < -0.4 is 15.2 Å². The number of nitrogens with one attached hydrogen (secondary N) is 1. The van der Waals surface area contributed by atoms with Crippen molar-refractivity contribution in [3.8, 4) is 5.75 Å². The Bertz CT molecular complexity index is 894. The molecule has 1 aromatic heterocycles. The largest absolute Gasteiger partial charge is 0.496 e. The molecule has 0 bridgehead atoms. The number of ether oxygens (including phenoxy) is 1. The summed E-state index contributed by atoms with van der Waals surface area (Å²) in [7, 11) is 5.86. The van der Waals surface area contributed by atoms with Crippen molar-refractivity contribution >= 4 is 11.9 Å². The van der Waals surface area contributed by atoms with E-state index in [0.717, 1.165) is 19.2 Å². The molecule has 146 valence electrons. The molecule has 0 radical (unpaired) electrons. The fraction of sp³-hybridized carbons (Fsp3) is 0.353. The van der Waals surface area contributed by atoms with Crippen molar-refractivity contribution in [3.05, 3.63) is 51.4 Å². The SMILES string of the molecule is COc1ccc(CN(C)C(=O)c2cc(=O)[nH]c(N(C)C)n2)cc1C(F)(F)F. The molecule has 0 aliphatic carbocycles. The van der Waals surface area contributed by atoms with Gasteiger partial charge in [-0.3, -0.25) is 14.6 Å². The molecule has 1 N–H and O–H groups in total. The quantitative estimate of drug-likeness (QED) is 0.855. The molecule has 0 spiro atoms. The van der Waals surface area contributed by atoms with E-state index in [4.69, 9.17) is 4.74 Å². The second-order valence-corrected chi connectivity index (χ2v) is 6.04. The van der Waals surface area contributed by atoms with Gasteiger partial charge in [0.25, 0.3) is 11.5 Å². The van der Waals surface area contributed by atoms with Crippen LogP contribution in [0, 0.1) is 0 Å². The smallest absolute Gasteiger partial charge is 0.419 e. The maximum Gasteiger partial charge on any atom is 0.419 e. The van der Waals surface area contributed by atoms with E-state index in [9.17, 15) is 22.8 Å². The van der Waals surface area contributed by atoms with Crippen molar-refractivity contribution in [2.45, 2.75) is 12.7 Å². The summed E-state index contributed by atoms with van der Waals surface area (Å²) in [4.78, 5) is 33.5. The molecule has 0 saturated carbocycles. The lowest BCUT2D eigenvalue weighted by Crippen LogP contribution is -2.30. The third-order valence-corrected chi connectivity index (χ3v) is 3.71. The van der Waals surface area contributed by atoms with Crippen LogP contribution in [0.3, 0.4) is 0 Å². The van der Waals surface area contributed by atoms with E-state index < -0.39 is 23.2 Å². The zero-order valence-corrected chi connectivity index (χ0v) is 15.2. The Hall–Kier alpha value is -3.04. The summed E-state index contributed by atoms with van der Waals surface area (Å²) >= 11 is 0. The lowest BCUT2D eigenvalue weighted by molar-refractivity contribution is -0.138. The lowest BCUT2D eigenvalue weighted by Gasteiger charge is -2.19. The van der Waals surface area contributed by atoms with E-state index in [-0.39, 0.29) is 29.5 Å². The average Bonchev–Trinajstić information content (AvgIpc) is 2.59. The number of rotatable bonds is 5. The van der Waals surface area contributed by atoms with Crippen molar-refractivity contribution in [2.24, 2.45) is 0 Å². The van der Waals surface area contributed by atoms with Gasteiger partial charge < -0.3 is 14.5 Å². The Morgan fingerprint density at radius 3 is 2.44 bits per heavy atom. The Morgan fingerprint density at radius 1 is 1.22 bits per heavy atom. The number of benzene rings is 1. The second kappa shape index (κ2) is 7.68.